The van der Waals surface area contributed by atoms with Gasteiger partial charge in [0.2, 0.25) is 5.91 Å². The van der Waals surface area contributed by atoms with Crippen molar-refractivity contribution in [2.24, 2.45) is 5.92 Å². The van der Waals surface area contributed by atoms with E-state index in [4.69, 9.17) is 0 Å². The summed E-state index contributed by atoms with van der Waals surface area (Å²) < 4.78 is 0.703. The lowest BCUT2D eigenvalue weighted by molar-refractivity contribution is -0.124. The van der Waals surface area contributed by atoms with E-state index in [1.807, 2.05) is 50.2 Å². The van der Waals surface area contributed by atoms with E-state index in [0.29, 0.717) is 16.6 Å². The fourth-order valence-corrected chi connectivity index (χ4v) is 2.76. The highest BCUT2D eigenvalue weighted by Gasteiger charge is 2.25. The molecule has 0 aromatic heterocycles. The van der Waals surface area contributed by atoms with E-state index in [0.717, 1.165) is 5.56 Å². The van der Waals surface area contributed by atoms with Gasteiger partial charge in [-0.25, -0.2) is 0 Å². The van der Waals surface area contributed by atoms with Crippen molar-refractivity contribution in [1.82, 2.24) is 10.6 Å². The van der Waals surface area contributed by atoms with E-state index in [1.54, 1.807) is 18.2 Å². The molecular formula is C19H21BrN2O2. The third kappa shape index (κ3) is 4.93. The van der Waals surface area contributed by atoms with E-state index in [-0.39, 0.29) is 17.7 Å². The highest BCUT2D eigenvalue weighted by molar-refractivity contribution is 9.10. The summed E-state index contributed by atoms with van der Waals surface area (Å²) in [5.74, 6) is -0.475. The van der Waals surface area contributed by atoms with Gasteiger partial charge < -0.3 is 10.6 Å². The summed E-state index contributed by atoms with van der Waals surface area (Å²) in [6, 6.07) is 16.2. The Morgan fingerprint density at radius 3 is 2.25 bits per heavy atom. The van der Waals surface area contributed by atoms with Crippen LogP contribution in [0.2, 0.25) is 0 Å². The largest absolute Gasteiger partial charge is 0.350 e. The third-order valence-electron chi connectivity index (χ3n) is 3.66. The summed E-state index contributed by atoms with van der Waals surface area (Å²) in [5, 5.41) is 5.72. The first-order valence-corrected chi connectivity index (χ1v) is 8.65. The van der Waals surface area contributed by atoms with E-state index < -0.39 is 6.04 Å². The Hall–Kier alpha value is -2.14. The molecular weight excluding hydrogens is 368 g/mol. The van der Waals surface area contributed by atoms with Gasteiger partial charge in [0.25, 0.3) is 5.91 Å². The van der Waals surface area contributed by atoms with Crippen LogP contribution < -0.4 is 10.6 Å². The summed E-state index contributed by atoms with van der Waals surface area (Å²) in [4.78, 5) is 24.9. The number of carbonyl (C=O) groups excluding carboxylic acids is 2. The molecule has 2 aromatic rings. The molecule has 0 bridgehead atoms. The molecule has 2 N–H and O–H groups in total. The number of hydrogen-bond donors (Lipinski definition) is 2. The molecule has 4 nitrogen and oxygen atoms in total. The summed E-state index contributed by atoms with van der Waals surface area (Å²) in [6.45, 7) is 4.26. The predicted molar refractivity (Wildman–Crippen MR) is 98.5 cm³/mol. The predicted octanol–water partition coefficient (Wildman–Crippen LogP) is 3.52. The summed E-state index contributed by atoms with van der Waals surface area (Å²) in [7, 11) is 0. The van der Waals surface area contributed by atoms with E-state index in [2.05, 4.69) is 26.6 Å². The van der Waals surface area contributed by atoms with E-state index in [9.17, 15) is 9.59 Å². The second-order valence-electron chi connectivity index (χ2n) is 5.88. The number of carbonyl (C=O) groups is 2. The minimum absolute atomic E-state index is 0.0211. The van der Waals surface area contributed by atoms with Gasteiger partial charge >= 0.3 is 0 Å². The maximum absolute atomic E-state index is 12.5. The number of halogens is 1. The van der Waals surface area contributed by atoms with Gasteiger partial charge in [0.1, 0.15) is 6.04 Å². The lowest BCUT2D eigenvalue weighted by Crippen LogP contribution is -2.49. The second-order valence-corrected chi connectivity index (χ2v) is 6.73. The first-order chi connectivity index (χ1) is 11.5. The summed E-state index contributed by atoms with van der Waals surface area (Å²) in [5.41, 5.74) is 1.53. The zero-order chi connectivity index (χ0) is 17.5. The van der Waals surface area contributed by atoms with E-state index in [1.165, 1.54) is 0 Å². The fraction of sp³-hybridized carbons (Fsp3) is 0.263. The van der Waals surface area contributed by atoms with Gasteiger partial charge in [0.05, 0.1) is 5.56 Å². The smallest absolute Gasteiger partial charge is 0.253 e. The first kappa shape index (κ1) is 18.2. The van der Waals surface area contributed by atoms with Gasteiger partial charge in [-0.2, -0.15) is 0 Å². The second kappa shape index (κ2) is 8.64. The molecule has 2 aromatic carbocycles. The van der Waals surface area contributed by atoms with Crippen molar-refractivity contribution in [3.8, 4) is 0 Å². The zero-order valence-electron chi connectivity index (χ0n) is 13.8. The Morgan fingerprint density at radius 1 is 1.00 bits per heavy atom. The van der Waals surface area contributed by atoms with Gasteiger partial charge in [-0.1, -0.05) is 56.3 Å². The minimum atomic E-state index is -0.590. The lowest BCUT2D eigenvalue weighted by Gasteiger charge is -2.22. The topological polar surface area (TPSA) is 58.2 Å². The monoisotopic (exact) mass is 388 g/mol. The summed E-state index contributed by atoms with van der Waals surface area (Å²) >= 11 is 3.36. The molecule has 0 aliphatic heterocycles. The van der Waals surface area contributed by atoms with Crippen LogP contribution in [0.25, 0.3) is 0 Å². The van der Waals surface area contributed by atoms with Crippen molar-refractivity contribution < 1.29 is 9.59 Å². The number of hydrogen-bond acceptors (Lipinski definition) is 2. The number of amides is 2. The van der Waals surface area contributed by atoms with Gasteiger partial charge in [-0.15, -0.1) is 0 Å². The standard InChI is InChI=1S/C19H21BrN2O2/c1-13(2)17(19(24)21-12-14-8-4-3-5-9-14)22-18(23)15-10-6-7-11-16(15)20/h3-11,13,17H,12H2,1-2H3,(H,21,24)(H,22,23)/t17-/m1/s1. The Labute approximate surface area is 150 Å². The molecule has 0 radical (unpaired) electrons. The van der Waals surface area contributed by atoms with Crippen molar-refractivity contribution >= 4 is 27.7 Å². The molecule has 126 valence electrons. The fourth-order valence-electron chi connectivity index (χ4n) is 2.29. The lowest BCUT2D eigenvalue weighted by atomic mass is 10.0. The molecule has 0 spiro atoms. The number of benzene rings is 2. The first-order valence-electron chi connectivity index (χ1n) is 7.86. The van der Waals surface area contributed by atoms with Crippen LogP contribution in [0.15, 0.2) is 59.1 Å². The molecule has 5 heteroatoms. The number of nitrogens with one attached hydrogen (secondary N) is 2. The highest BCUT2D eigenvalue weighted by Crippen LogP contribution is 2.16. The average Bonchev–Trinajstić information content (AvgIpc) is 2.58. The maximum atomic E-state index is 12.5. The zero-order valence-corrected chi connectivity index (χ0v) is 15.3. The molecule has 1 atom stereocenters. The Kier molecular flexibility index (Phi) is 6.55. The SMILES string of the molecule is CC(C)[C@@H](NC(=O)c1ccccc1Br)C(=O)NCc1ccccc1. The van der Waals surface area contributed by atoms with Crippen LogP contribution in [-0.4, -0.2) is 17.9 Å². The van der Waals surface area contributed by atoms with Crippen LogP contribution >= 0.6 is 15.9 Å². The van der Waals surface area contributed by atoms with Gasteiger partial charge in [-0.3, -0.25) is 9.59 Å². The molecule has 0 saturated heterocycles. The van der Waals surface area contributed by atoms with Crippen LogP contribution in [0.3, 0.4) is 0 Å². The minimum Gasteiger partial charge on any atom is -0.350 e. The van der Waals surface area contributed by atoms with Crippen molar-refractivity contribution in [3.05, 3.63) is 70.2 Å². The maximum Gasteiger partial charge on any atom is 0.253 e. The molecule has 2 rings (SSSR count). The van der Waals surface area contributed by atoms with Crippen molar-refractivity contribution in [2.45, 2.75) is 26.4 Å². The normalized spacial score (nSPS) is 11.8. The van der Waals surface area contributed by atoms with Crippen LogP contribution in [0.5, 0.6) is 0 Å². The van der Waals surface area contributed by atoms with E-state index >= 15 is 0 Å². The molecule has 0 fully saturated rings. The molecule has 0 saturated carbocycles. The summed E-state index contributed by atoms with van der Waals surface area (Å²) in [6.07, 6.45) is 0. The van der Waals surface area contributed by atoms with Gasteiger partial charge in [0, 0.05) is 11.0 Å². The van der Waals surface area contributed by atoms with Crippen molar-refractivity contribution in [1.29, 1.82) is 0 Å². The molecule has 0 aliphatic carbocycles. The third-order valence-corrected chi connectivity index (χ3v) is 4.36. The van der Waals surface area contributed by atoms with Gasteiger partial charge in [0.15, 0.2) is 0 Å². The van der Waals surface area contributed by atoms with Crippen molar-refractivity contribution in [2.75, 3.05) is 0 Å². The van der Waals surface area contributed by atoms with Crippen LogP contribution in [0, 0.1) is 5.92 Å². The van der Waals surface area contributed by atoms with Crippen LogP contribution in [0.1, 0.15) is 29.8 Å². The van der Waals surface area contributed by atoms with Gasteiger partial charge in [-0.05, 0) is 39.5 Å². The molecule has 0 heterocycles. The highest BCUT2D eigenvalue weighted by atomic mass is 79.9. The number of rotatable bonds is 6. The molecule has 2 amide bonds. The molecule has 0 aliphatic rings. The Bertz CT molecular complexity index is 702. The Morgan fingerprint density at radius 2 is 1.62 bits per heavy atom. The van der Waals surface area contributed by atoms with Crippen LogP contribution in [-0.2, 0) is 11.3 Å². The average molecular weight is 389 g/mol. The Balaban J connectivity index is 2.02. The quantitative estimate of drug-likeness (QED) is 0.794. The van der Waals surface area contributed by atoms with Crippen LogP contribution in [0.4, 0.5) is 0 Å². The molecule has 24 heavy (non-hydrogen) atoms. The molecule has 0 unspecified atom stereocenters. The van der Waals surface area contributed by atoms with Crippen molar-refractivity contribution in [3.63, 3.8) is 0 Å².